The molecule has 0 saturated heterocycles. The van der Waals surface area contributed by atoms with E-state index in [9.17, 15) is 4.79 Å². The summed E-state index contributed by atoms with van der Waals surface area (Å²) in [4.78, 5) is 12.0. The van der Waals surface area contributed by atoms with E-state index in [-0.39, 0.29) is 6.29 Å². The van der Waals surface area contributed by atoms with Gasteiger partial charge in [0.05, 0.1) is 0 Å². The van der Waals surface area contributed by atoms with Crippen molar-refractivity contribution in [1.82, 2.24) is 0 Å². The van der Waals surface area contributed by atoms with Gasteiger partial charge in [0.15, 0.2) is 6.29 Å². The van der Waals surface area contributed by atoms with E-state index in [1.54, 1.807) is 14.2 Å². The van der Waals surface area contributed by atoms with Crippen LogP contribution in [0.1, 0.15) is 71.6 Å². The summed E-state index contributed by atoms with van der Waals surface area (Å²) in [7, 11) is 3.59. The van der Waals surface area contributed by atoms with Gasteiger partial charge in [0, 0.05) is 33.0 Å². The summed E-state index contributed by atoms with van der Waals surface area (Å²) in [6.45, 7) is 5.05. The largest absolute Gasteiger partial charge is 0.356 e. The van der Waals surface area contributed by atoms with Crippen molar-refractivity contribution < 1.29 is 14.3 Å². The Balaban J connectivity index is 1.59. The Bertz CT molecular complexity index is 527. The zero-order chi connectivity index (χ0) is 17.8. The predicted molar refractivity (Wildman–Crippen MR) is 98.0 cm³/mol. The van der Waals surface area contributed by atoms with Gasteiger partial charge in [-0.2, -0.15) is 0 Å². The molecule has 142 valence electrons. The second-order valence-electron chi connectivity index (χ2n) is 9.97. The van der Waals surface area contributed by atoms with Crippen LogP contribution in [0.4, 0.5) is 0 Å². The maximum Gasteiger partial charge on any atom is 0.160 e. The van der Waals surface area contributed by atoms with Crippen molar-refractivity contribution in [3.8, 4) is 0 Å². The molecule has 25 heavy (non-hydrogen) atoms. The smallest absolute Gasteiger partial charge is 0.160 e. The fourth-order valence-electron chi connectivity index (χ4n) is 7.96. The number of methoxy groups -OCH3 is 2. The number of fused-ring (bicyclic) bond motifs is 5. The fraction of sp³-hybridized carbons (Fsp3) is 0.955. The highest BCUT2D eigenvalue weighted by Gasteiger charge is 2.61. The third-order valence-corrected chi connectivity index (χ3v) is 9.35. The first-order chi connectivity index (χ1) is 11.9. The molecule has 0 spiro atoms. The SMILES string of the molecule is COC(OC)[C@H]1CC[C@H]2[C@@H]3CC[C@H]4CC(=O)CC[C@]4(C)[C@H]3CC[C@]12C. The molecule has 0 aliphatic heterocycles. The molecule has 4 saturated carbocycles. The van der Waals surface area contributed by atoms with Crippen molar-refractivity contribution in [1.29, 1.82) is 0 Å². The topological polar surface area (TPSA) is 35.5 Å². The van der Waals surface area contributed by atoms with Crippen LogP contribution < -0.4 is 0 Å². The van der Waals surface area contributed by atoms with Crippen LogP contribution in [0.15, 0.2) is 0 Å². The summed E-state index contributed by atoms with van der Waals surface area (Å²) in [5, 5.41) is 0. The van der Waals surface area contributed by atoms with Crippen LogP contribution in [-0.2, 0) is 14.3 Å². The van der Waals surface area contributed by atoms with E-state index in [1.807, 2.05) is 0 Å². The number of hydrogen-bond donors (Lipinski definition) is 0. The van der Waals surface area contributed by atoms with Crippen LogP contribution in [0.2, 0.25) is 0 Å². The maximum absolute atomic E-state index is 12.0. The number of rotatable bonds is 3. The molecule has 4 aliphatic rings. The highest BCUT2D eigenvalue weighted by atomic mass is 16.7. The number of ether oxygens (including phenoxy) is 2. The minimum absolute atomic E-state index is 0.0502. The van der Waals surface area contributed by atoms with Gasteiger partial charge in [-0.1, -0.05) is 13.8 Å². The van der Waals surface area contributed by atoms with Crippen LogP contribution in [-0.4, -0.2) is 26.3 Å². The molecule has 3 heteroatoms. The summed E-state index contributed by atoms with van der Waals surface area (Å²) in [5.74, 6) is 4.21. The van der Waals surface area contributed by atoms with Gasteiger partial charge >= 0.3 is 0 Å². The molecule has 0 N–H and O–H groups in total. The third-order valence-electron chi connectivity index (χ3n) is 9.35. The first kappa shape index (κ1) is 18.0. The molecule has 0 unspecified atom stereocenters. The summed E-state index contributed by atoms with van der Waals surface area (Å²) < 4.78 is 11.4. The number of Topliss-reactive ketones (excluding diaryl/α,β-unsaturated/α-hetero) is 1. The molecule has 0 aromatic rings. The molecule has 0 amide bonds. The second-order valence-corrected chi connectivity index (χ2v) is 9.97. The van der Waals surface area contributed by atoms with E-state index < -0.39 is 0 Å². The average molecular weight is 349 g/mol. The standard InChI is InChI=1S/C22H36O3/c1-21-11-9-15(23)13-14(21)5-6-16-17-7-8-19(20(24-3)25-4)22(17,2)12-10-18(16)21/h14,16-20H,5-13H2,1-4H3/t14-,16-,17-,18-,19+,21-,22-/m0/s1. The number of ketones is 1. The number of carbonyl (C=O) groups is 1. The molecule has 4 fully saturated rings. The highest BCUT2D eigenvalue weighted by Crippen LogP contribution is 2.67. The number of carbonyl (C=O) groups excluding carboxylic acids is 1. The van der Waals surface area contributed by atoms with Crippen LogP contribution in [0.5, 0.6) is 0 Å². The van der Waals surface area contributed by atoms with Crippen molar-refractivity contribution in [2.75, 3.05) is 14.2 Å². The molecule has 4 aliphatic carbocycles. The lowest BCUT2D eigenvalue weighted by atomic mass is 9.45. The Labute approximate surface area is 153 Å². The van der Waals surface area contributed by atoms with Gasteiger partial charge in [-0.15, -0.1) is 0 Å². The van der Waals surface area contributed by atoms with Crippen molar-refractivity contribution in [2.24, 2.45) is 40.4 Å². The molecule has 0 aromatic heterocycles. The first-order valence-corrected chi connectivity index (χ1v) is 10.5. The molecule has 0 heterocycles. The molecule has 0 aromatic carbocycles. The first-order valence-electron chi connectivity index (χ1n) is 10.5. The molecule has 4 rings (SSSR count). The van der Waals surface area contributed by atoms with Gasteiger partial charge in [0.25, 0.3) is 0 Å². The van der Waals surface area contributed by atoms with E-state index in [0.717, 1.165) is 37.0 Å². The Morgan fingerprint density at radius 1 is 0.920 bits per heavy atom. The quantitative estimate of drug-likeness (QED) is 0.685. The van der Waals surface area contributed by atoms with E-state index in [1.165, 1.54) is 38.5 Å². The summed E-state index contributed by atoms with van der Waals surface area (Å²) in [6, 6.07) is 0. The van der Waals surface area contributed by atoms with Crippen molar-refractivity contribution in [2.45, 2.75) is 77.9 Å². The van der Waals surface area contributed by atoms with E-state index in [2.05, 4.69) is 13.8 Å². The maximum atomic E-state index is 12.0. The Hall–Kier alpha value is -0.410. The van der Waals surface area contributed by atoms with Crippen molar-refractivity contribution >= 4 is 5.78 Å². The molecular formula is C22H36O3. The summed E-state index contributed by atoms with van der Waals surface area (Å²) in [5.41, 5.74) is 0.781. The molecular weight excluding hydrogens is 312 g/mol. The second kappa shape index (κ2) is 6.34. The Morgan fingerprint density at radius 2 is 1.64 bits per heavy atom. The fourth-order valence-corrected chi connectivity index (χ4v) is 7.96. The normalized spacial score (nSPS) is 49.6. The monoisotopic (exact) mass is 348 g/mol. The average Bonchev–Trinajstić information content (AvgIpc) is 2.94. The van der Waals surface area contributed by atoms with Gasteiger partial charge < -0.3 is 9.47 Å². The molecule has 0 radical (unpaired) electrons. The van der Waals surface area contributed by atoms with Gasteiger partial charge in [-0.05, 0) is 79.4 Å². The van der Waals surface area contributed by atoms with Crippen molar-refractivity contribution in [3.63, 3.8) is 0 Å². The summed E-state index contributed by atoms with van der Waals surface area (Å²) >= 11 is 0. The zero-order valence-corrected chi connectivity index (χ0v) is 16.6. The molecule has 3 nitrogen and oxygen atoms in total. The Morgan fingerprint density at radius 3 is 2.36 bits per heavy atom. The predicted octanol–water partition coefficient (Wildman–Crippen LogP) is 4.83. The van der Waals surface area contributed by atoms with Gasteiger partial charge in [-0.25, -0.2) is 0 Å². The van der Waals surface area contributed by atoms with Crippen LogP contribution >= 0.6 is 0 Å². The van der Waals surface area contributed by atoms with Crippen LogP contribution in [0.3, 0.4) is 0 Å². The highest BCUT2D eigenvalue weighted by molar-refractivity contribution is 5.79. The molecule has 7 atom stereocenters. The van der Waals surface area contributed by atoms with Crippen LogP contribution in [0.25, 0.3) is 0 Å². The van der Waals surface area contributed by atoms with E-state index >= 15 is 0 Å². The van der Waals surface area contributed by atoms with Gasteiger partial charge in [0.2, 0.25) is 0 Å². The minimum Gasteiger partial charge on any atom is -0.356 e. The lowest BCUT2D eigenvalue weighted by molar-refractivity contribution is -0.181. The van der Waals surface area contributed by atoms with Gasteiger partial charge in [-0.3, -0.25) is 4.79 Å². The lowest BCUT2D eigenvalue weighted by Crippen LogP contribution is -2.54. The van der Waals surface area contributed by atoms with Gasteiger partial charge in [0.1, 0.15) is 5.78 Å². The zero-order valence-electron chi connectivity index (χ0n) is 16.6. The molecule has 0 bridgehead atoms. The van der Waals surface area contributed by atoms with E-state index in [4.69, 9.17) is 9.47 Å². The van der Waals surface area contributed by atoms with Crippen molar-refractivity contribution in [3.05, 3.63) is 0 Å². The Kier molecular flexibility index (Phi) is 4.56. The summed E-state index contributed by atoms with van der Waals surface area (Å²) in [6.07, 6.45) is 10.6. The van der Waals surface area contributed by atoms with Crippen LogP contribution in [0, 0.1) is 40.4 Å². The third kappa shape index (κ3) is 2.56. The van der Waals surface area contributed by atoms with E-state index in [0.29, 0.717) is 28.4 Å². The number of hydrogen-bond acceptors (Lipinski definition) is 3. The lowest BCUT2D eigenvalue weighted by Gasteiger charge is -2.60. The minimum atomic E-state index is -0.0502.